The van der Waals surface area contributed by atoms with Crippen molar-refractivity contribution in [2.75, 3.05) is 12.4 Å². The predicted molar refractivity (Wildman–Crippen MR) is 68.0 cm³/mol. The van der Waals surface area contributed by atoms with Gasteiger partial charge in [0.2, 0.25) is 5.91 Å². The number of carboxylic acids is 1. The topological polar surface area (TPSA) is 83.9 Å². The van der Waals surface area contributed by atoms with Crippen molar-refractivity contribution in [3.05, 3.63) is 29.8 Å². The van der Waals surface area contributed by atoms with Gasteiger partial charge < -0.3 is 9.84 Å². The quantitative estimate of drug-likeness (QED) is 0.877. The Kier molecular flexibility index (Phi) is 4.06. The molecule has 1 heterocycles. The highest BCUT2D eigenvalue weighted by Gasteiger charge is 2.29. The van der Waals surface area contributed by atoms with E-state index in [9.17, 15) is 14.4 Å². The van der Waals surface area contributed by atoms with Crippen molar-refractivity contribution in [2.45, 2.75) is 6.54 Å². The number of nitrogens with zero attached hydrogens (tertiary/aromatic N) is 1. The first-order valence-corrected chi connectivity index (χ1v) is 6.45. The number of imide groups is 1. The maximum atomic E-state index is 11.4. The van der Waals surface area contributed by atoms with Gasteiger partial charge >= 0.3 is 5.97 Å². The van der Waals surface area contributed by atoms with E-state index in [0.717, 1.165) is 17.3 Å². The third-order valence-corrected chi connectivity index (χ3v) is 3.33. The number of hydrogen-bond donors (Lipinski definition) is 1. The van der Waals surface area contributed by atoms with Crippen LogP contribution >= 0.6 is 11.8 Å². The lowest BCUT2D eigenvalue weighted by Crippen LogP contribution is -2.27. The molecule has 1 aromatic rings. The van der Waals surface area contributed by atoms with Crippen LogP contribution in [0.15, 0.2) is 24.3 Å². The summed E-state index contributed by atoms with van der Waals surface area (Å²) in [7, 11) is 0. The molecule has 19 heavy (non-hydrogen) atoms. The highest BCUT2D eigenvalue weighted by atomic mass is 32.2. The van der Waals surface area contributed by atoms with Crippen molar-refractivity contribution in [3.63, 3.8) is 0 Å². The van der Waals surface area contributed by atoms with Crippen LogP contribution in [0.2, 0.25) is 0 Å². The van der Waals surface area contributed by atoms with Crippen molar-refractivity contribution in [1.29, 1.82) is 0 Å². The Morgan fingerprint density at radius 2 is 2.00 bits per heavy atom. The van der Waals surface area contributed by atoms with Crippen molar-refractivity contribution in [3.8, 4) is 5.75 Å². The molecular formula is C12H11NO5S. The molecule has 0 bridgehead atoms. The van der Waals surface area contributed by atoms with Crippen molar-refractivity contribution in [1.82, 2.24) is 4.90 Å². The summed E-state index contributed by atoms with van der Waals surface area (Å²) >= 11 is 0.995. The molecule has 1 saturated heterocycles. The fourth-order valence-corrected chi connectivity index (χ4v) is 2.28. The molecule has 1 N–H and O–H groups in total. The van der Waals surface area contributed by atoms with Gasteiger partial charge in [-0.15, -0.1) is 0 Å². The van der Waals surface area contributed by atoms with Crippen molar-refractivity contribution >= 4 is 28.9 Å². The lowest BCUT2D eigenvalue weighted by molar-refractivity contribution is -0.139. The molecule has 0 spiro atoms. The standard InChI is InChI=1S/C12H11NO5S/c14-10-7-19-12(17)13(10)5-8-1-3-9(4-2-8)18-6-11(15)16/h1-4H,5-7H2,(H,15,16). The van der Waals surface area contributed by atoms with E-state index in [1.165, 1.54) is 4.90 Å². The highest BCUT2D eigenvalue weighted by molar-refractivity contribution is 8.14. The van der Waals surface area contributed by atoms with Crippen LogP contribution in [-0.2, 0) is 16.1 Å². The molecule has 1 aromatic carbocycles. The number of hydrogen-bond acceptors (Lipinski definition) is 5. The smallest absolute Gasteiger partial charge is 0.341 e. The van der Waals surface area contributed by atoms with Gasteiger partial charge in [0.05, 0.1) is 12.3 Å². The van der Waals surface area contributed by atoms with E-state index >= 15 is 0 Å². The van der Waals surface area contributed by atoms with Crippen molar-refractivity contribution < 1.29 is 24.2 Å². The van der Waals surface area contributed by atoms with Crippen LogP contribution in [0.1, 0.15) is 5.56 Å². The number of ether oxygens (including phenoxy) is 1. The van der Waals surface area contributed by atoms with E-state index in [1.54, 1.807) is 24.3 Å². The van der Waals surface area contributed by atoms with Gasteiger partial charge in [0.1, 0.15) is 5.75 Å². The molecule has 0 aromatic heterocycles. The summed E-state index contributed by atoms with van der Waals surface area (Å²) in [5.74, 6) is -0.617. The minimum absolute atomic E-state index is 0.193. The van der Waals surface area contributed by atoms with Crippen LogP contribution in [0.3, 0.4) is 0 Å². The maximum absolute atomic E-state index is 11.4. The maximum Gasteiger partial charge on any atom is 0.341 e. The average Bonchev–Trinajstić information content (AvgIpc) is 2.70. The molecule has 0 radical (unpaired) electrons. The molecule has 1 fully saturated rings. The van der Waals surface area contributed by atoms with Gasteiger partial charge in [-0.05, 0) is 17.7 Å². The second kappa shape index (κ2) is 5.75. The number of amides is 2. The van der Waals surface area contributed by atoms with Crippen LogP contribution in [0, 0.1) is 0 Å². The first kappa shape index (κ1) is 13.4. The number of aliphatic carboxylic acids is 1. The Balaban J connectivity index is 1.97. The molecule has 0 atom stereocenters. The van der Waals surface area contributed by atoms with Crippen LogP contribution in [0.25, 0.3) is 0 Å². The Labute approximate surface area is 113 Å². The first-order valence-electron chi connectivity index (χ1n) is 5.47. The Morgan fingerprint density at radius 3 is 2.53 bits per heavy atom. The van der Waals surface area contributed by atoms with Crippen molar-refractivity contribution in [2.24, 2.45) is 0 Å². The molecule has 0 saturated carbocycles. The zero-order valence-corrected chi connectivity index (χ0v) is 10.7. The van der Waals surface area contributed by atoms with E-state index in [1.807, 2.05) is 0 Å². The normalized spacial score (nSPS) is 14.8. The van der Waals surface area contributed by atoms with Gasteiger partial charge in [-0.1, -0.05) is 23.9 Å². The van der Waals surface area contributed by atoms with Gasteiger partial charge in [0.15, 0.2) is 6.61 Å². The molecule has 0 unspecified atom stereocenters. The third kappa shape index (κ3) is 3.47. The monoisotopic (exact) mass is 281 g/mol. The molecule has 1 aliphatic rings. The third-order valence-electron chi connectivity index (χ3n) is 2.47. The second-order valence-corrected chi connectivity index (χ2v) is 4.79. The summed E-state index contributed by atoms with van der Waals surface area (Å²) < 4.78 is 4.98. The Hall–Kier alpha value is -2.02. The largest absolute Gasteiger partial charge is 0.482 e. The van der Waals surface area contributed by atoms with E-state index in [4.69, 9.17) is 9.84 Å². The molecule has 2 rings (SSSR count). The van der Waals surface area contributed by atoms with E-state index in [-0.39, 0.29) is 23.4 Å². The average molecular weight is 281 g/mol. The van der Waals surface area contributed by atoms with Crippen LogP contribution in [-0.4, -0.2) is 39.5 Å². The van der Waals surface area contributed by atoms with Crippen LogP contribution in [0.4, 0.5) is 4.79 Å². The fraction of sp³-hybridized carbons (Fsp3) is 0.250. The summed E-state index contributed by atoms with van der Waals surface area (Å²) in [5, 5.41) is 8.23. The summed E-state index contributed by atoms with van der Waals surface area (Å²) in [6, 6.07) is 6.61. The molecule has 100 valence electrons. The lowest BCUT2D eigenvalue weighted by atomic mass is 10.2. The van der Waals surface area contributed by atoms with Crippen LogP contribution in [0.5, 0.6) is 5.75 Å². The van der Waals surface area contributed by atoms with Gasteiger partial charge in [0.25, 0.3) is 5.24 Å². The summed E-state index contributed by atoms with van der Waals surface area (Å²) in [5.41, 5.74) is 0.784. The number of rotatable bonds is 5. The van der Waals surface area contributed by atoms with Gasteiger partial charge in [-0.3, -0.25) is 14.5 Å². The Bertz CT molecular complexity index is 497. The van der Waals surface area contributed by atoms with E-state index in [0.29, 0.717) is 5.75 Å². The molecule has 6 nitrogen and oxygen atoms in total. The number of thioether (sulfide) groups is 1. The SMILES string of the molecule is O=C(O)COc1ccc(CN2C(=O)CSC2=O)cc1. The zero-order chi connectivity index (χ0) is 13.8. The number of carbonyl (C=O) groups excluding carboxylic acids is 2. The molecular weight excluding hydrogens is 270 g/mol. The zero-order valence-electron chi connectivity index (χ0n) is 9.87. The number of carbonyl (C=O) groups is 3. The predicted octanol–water partition coefficient (Wildman–Crippen LogP) is 1.35. The van der Waals surface area contributed by atoms with E-state index < -0.39 is 12.6 Å². The second-order valence-electron chi connectivity index (χ2n) is 3.86. The molecule has 0 aliphatic carbocycles. The lowest BCUT2D eigenvalue weighted by Gasteiger charge is -2.13. The molecule has 7 heteroatoms. The number of carboxylic acid groups (broad SMARTS) is 1. The summed E-state index contributed by atoms with van der Waals surface area (Å²) in [6.07, 6.45) is 0. The highest BCUT2D eigenvalue weighted by Crippen LogP contribution is 2.22. The molecule has 1 aliphatic heterocycles. The summed E-state index contributed by atoms with van der Waals surface area (Å²) in [4.78, 5) is 34.4. The number of benzene rings is 1. The van der Waals surface area contributed by atoms with Gasteiger partial charge in [-0.25, -0.2) is 4.79 Å². The first-order chi connectivity index (χ1) is 9.06. The summed E-state index contributed by atoms with van der Waals surface area (Å²) in [6.45, 7) is -0.178. The minimum atomic E-state index is -1.05. The molecule has 2 amide bonds. The van der Waals surface area contributed by atoms with Gasteiger partial charge in [-0.2, -0.15) is 0 Å². The van der Waals surface area contributed by atoms with Gasteiger partial charge in [0, 0.05) is 0 Å². The Morgan fingerprint density at radius 1 is 1.32 bits per heavy atom. The van der Waals surface area contributed by atoms with Crippen LogP contribution < -0.4 is 4.74 Å². The minimum Gasteiger partial charge on any atom is -0.482 e. The fourth-order valence-electron chi connectivity index (χ4n) is 1.55. The van der Waals surface area contributed by atoms with E-state index in [2.05, 4.69) is 0 Å².